The van der Waals surface area contributed by atoms with Gasteiger partial charge in [-0.05, 0) is 0 Å². The molecule has 0 unspecified atom stereocenters. The number of hydrogen-bond acceptors (Lipinski definition) is 3. The van der Waals surface area contributed by atoms with E-state index < -0.39 is 0 Å². The zero-order chi connectivity index (χ0) is 7.68. The summed E-state index contributed by atoms with van der Waals surface area (Å²) in [5.74, 6) is 0.0625. The SMILES string of the molecule is O=C1CNC2=C(CNCC2)N1. The molecule has 0 fully saturated rings. The maximum absolute atomic E-state index is 10.9. The predicted molar refractivity (Wildman–Crippen MR) is 40.7 cm³/mol. The average molecular weight is 153 g/mol. The minimum Gasteiger partial charge on any atom is -0.378 e. The fraction of sp³-hybridized carbons (Fsp3) is 0.571. The summed E-state index contributed by atoms with van der Waals surface area (Å²) in [5, 5.41) is 9.12. The van der Waals surface area contributed by atoms with Gasteiger partial charge in [0.1, 0.15) is 0 Å². The minimum atomic E-state index is 0.0625. The molecule has 0 radical (unpaired) electrons. The van der Waals surface area contributed by atoms with Crippen molar-refractivity contribution in [1.82, 2.24) is 16.0 Å². The molecule has 1 amide bonds. The van der Waals surface area contributed by atoms with Gasteiger partial charge in [0.2, 0.25) is 5.91 Å². The van der Waals surface area contributed by atoms with E-state index in [9.17, 15) is 4.79 Å². The van der Waals surface area contributed by atoms with Gasteiger partial charge in [-0.2, -0.15) is 0 Å². The molecular formula is C7H11N3O. The molecule has 4 heteroatoms. The Labute approximate surface area is 65.0 Å². The molecular weight excluding hydrogens is 142 g/mol. The van der Waals surface area contributed by atoms with E-state index in [0.717, 1.165) is 25.2 Å². The van der Waals surface area contributed by atoms with Crippen LogP contribution >= 0.6 is 0 Å². The molecule has 11 heavy (non-hydrogen) atoms. The Bertz CT molecular complexity index is 222. The summed E-state index contributed by atoms with van der Waals surface area (Å²) in [7, 11) is 0. The van der Waals surface area contributed by atoms with Crippen LogP contribution in [0.2, 0.25) is 0 Å². The highest BCUT2D eigenvalue weighted by molar-refractivity contribution is 5.81. The van der Waals surface area contributed by atoms with Crippen LogP contribution in [0.4, 0.5) is 0 Å². The van der Waals surface area contributed by atoms with Crippen LogP contribution in [0.15, 0.2) is 11.4 Å². The lowest BCUT2D eigenvalue weighted by molar-refractivity contribution is -0.119. The Morgan fingerprint density at radius 2 is 2.09 bits per heavy atom. The minimum absolute atomic E-state index is 0.0625. The largest absolute Gasteiger partial charge is 0.378 e. The topological polar surface area (TPSA) is 53.2 Å². The monoisotopic (exact) mass is 153 g/mol. The molecule has 4 nitrogen and oxygen atoms in total. The Morgan fingerprint density at radius 3 is 3.00 bits per heavy atom. The molecule has 0 aromatic carbocycles. The lowest BCUT2D eigenvalue weighted by Crippen LogP contribution is -2.46. The van der Waals surface area contributed by atoms with Crippen LogP contribution < -0.4 is 16.0 Å². The van der Waals surface area contributed by atoms with Gasteiger partial charge in [-0.25, -0.2) is 0 Å². The summed E-state index contributed by atoms with van der Waals surface area (Å²) in [5.41, 5.74) is 2.22. The molecule has 0 bridgehead atoms. The molecule has 0 saturated carbocycles. The number of amides is 1. The van der Waals surface area contributed by atoms with E-state index in [1.807, 2.05) is 0 Å². The van der Waals surface area contributed by atoms with Gasteiger partial charge in [-0.3, -0.25) is 4.79 Å². The normalized spacial score (nSPS) is 23.8. The van der Waals surface area contributed by atoms with Gasteiger partial charge >= 0.3 is 0 Å². The molecule has 2 rings (SSSR count). The molecule has 2 aliphatic rings. The number of hydrogen-bond donors (Lipinski definition) is 3. The van der Waals surface area contributed by atoms with Crippen molar-refractivity contribution in [2.24, 2.45) is 0 Å². The molecule has 0 atom stereocenters. The summed E-state index contributed by atoms with van der Waals surface area (Å²) >= 11 is 0. The highest BCUT2D eigenvalue weighted by Gasteiger charge is 2.18. The third-order valence-electron chi connectivity index (χ3n) is 1.97. The van der Waals surface area contributed by atoms with E-state index in [4.69, 9.17) is 0 Å². The number of carbonyl (C=O) groups excluding carboxylic acids is 1. The van der Waals surface area contributed by atoms with Crippen LogP contribution in [0.25, 0.3) is 0 Å². The maximum Gasteiger partial charge on any atom is 0.243 e. The molecule has 0 aromatic heterocycles. The van der Waals surface area contributed by atoms with Gasteiger partial charge in [0.05, 0.1) is 12.2 Å². The van der Waals surface area contributed by atoms with Crippen molar-refractivity contribution in [3.63, 3.8) is 0 Å². The molecule has 0 spiro atoms. The Hall–Kier alpha value is -1.03. The summed E-state index contributed by atoms with van der Waals surface area (Å²) in [6.07, 6.45) is 0.996. The van der Waals surface area contributed by atoms with Crippen molar-refractivity contribution in [1.29, 1.82) is 0 Å². The second kappa shape index (κ2) is 2.54. The van der Waals surface area contributed by atoms with Gasteiger partial charge in [0.25, 0.3) is 0 Å². The highest BCUT2D eigenvalue weighted by atomic mass is 16.2. The van der Waals surface area contributed by atoms with Crippen molar-refractivity contribution in [3.8, 4) is 0 Å². The van der Waals surface area contributed by atoms with Crippen molar-refractivity contribution in [2.75, 3.05) is 19.6 Å². The van der Waals surface area contributed by atoms with Crippen LogP contribution in [-0.2, 0) is 4.79 Å². The predicted octanol–water partition coefficient (Wildman–Crippen LogP) is -1.09. The third kappa shape index (κ3) is 1.21. The van der Waals surface area contributed by atoms with E-state index >= 15 is 0 Å². The first kappa shape index (κ1) is 6.67. The zero-order valence-electron chi connectivity index (χ0n) is 6.24. The Kier molecular flexibility index (Phi) is 1.54. The Balaban J connectivity index is 2.18. The van der Waals surface area contributed by atoms with Crippen LogP contribution in [0.1, 0.15) is 6.42 Å². The number of nitrogens with one attached hydrogen (secondary N) is 3. The van der Waals surface area contributed by atoms with Gasteiger partial charge in [0.15, 0.2) is 0 Å². The maximum atomic E-state index is 10.9. The average Bonchev–Trinajstić information content (AvgIpc) is 2.04. The second-order valence-electron chi connectivity index (χ2n) is 2.79. The molecule has 3 N–H and O–H groups in total. The first-order valence-electron chi connectivity index (χ1n) is 3.83. The lowest BCUT2D eigenvalue weighted by Gasteiger charge is -2.26. The summed E-state index contributed by atoms with van der Waals surface area (Å²) in [6, 6.07) is 0. The molecule has 2 aliphatic heterocycles. The molecule has 0 aliphatic carbocycles. The second-order valence-corrected chi connectivity index (χ2v) is 2.79. The van der Waals surface area contributed by atoms with Gasteiger partial charge in [-0.15, -0.1) is 0 Å². The number of rotatable bonds is 0. The van der Waals surface area contributed by atoms with Crippen LogP contribution in [0.5, 0.6) is 0 Å². The zero-order valence-corrected chi connectivity index (χ0v) is 6.24. The van der Waals surface area contributed by atoms with E-state index in [-0.39, 0.29) is 5.91 Å². The fourth-order valence-electron chi connectivity index (χ4n) is 1.40. The molecule has 2 heterocycles. The van der Waals surface area contributed by atoms with Crippen molar-refractivity contribution < 1.29 is 4.79 Å². The Morgan fingerprint density at radius 1 is 1.18 bits per heavy atom. The summed E-state index contributed by atoms with van der Waals surface area (Å²) in [4.78, 5) is 10.9. The van der Waals surface area contributed by atoms with Gasteiger partial charge in [-0.1, -0.05) is 0 Å². The van der Waals surface area contributed by atoms with Gasteiger partial charge in [0, 0.05) is 25.2 Å². The summed E-state index contributed by atoms with van der Waals surface area (Å²) in [6.45, 7) is 2.22. The van der Waals surface area contributed by atoms with Crippen molar-refractivity contribution >= 4 is 5.91 Å². The highest BCUT2D eigenvalue weighted by Crippen LogP contribution is 2.09. The number of carbonyl (C=O) groups is 1. The van der Waals surface area contributed by atoms with Gasteiger partial charge < -0.3 is 16.0 Å². The smallest absolute Gasteiger partial charge is 0.243 e. The van der Waals surface area contributed by atoms with Crippen LogP contribution in [-0.4, -0.2) is 25.5 Å². The first-order valence-corrected chi connectivity index (χ1v) is 3.83. The molecule has 0 aromatic rings. The van der Waals surface area contributed by atoms with Crippen LogP contribution in [0.3, 0.4) is 0 Å². The quantitative estimate of drug-likeness (QED) is 0.414. The molecule has 60 valence electrons. The standard InChI is InChI=1S/C7H11N3O/c11-7-4-9-5-1-2-8-3-6(5)10-7/h8-9H,1-4H2,(H,10,11). The lowest BCUT2D eigenvalue weighted by atomic mass is 10.1. The van der Waals surface area contributed by atoms with Crippen molar-refractivity contribution in [2.45, 2.75) is 6.42 Å². The van der Waals surface area contributed by atoms with E-state index in [0.29, 0.717) is 6.54 Å². The fourth-order valence-corrected chi connectivity index (χ4v) is 1.40. The van der Waals surface area contributed by atoms with E-state index in [2.05, 4.69) is 16.0 Å². The summed E-state index contributed by atoms with van der Waals surface area (Å²) < 4.78 is 0. The first-order chi connectivity index (χ1) is 5.36. The van der Waals surface area contributed by atoms with E-state index in [1.54, 1.807) is 0 Å². The van der Waals surface area contributed by atoms with Crippen molar-refractivity contribution in [3.05, 3.63) is 11.4 Å². The van der Waals surface area contributed by atoms with E-state index in [1.165, 1.54) is 5.70 Å². The third-order valence-corrected chi connectivity index (χ3v) is 1.97. The van der Waals surface area contributed by atoms with Crippen LogP contribution in [0, 0.1) is 0 Å². The molecule has 0 saturated heterocycles.